The summed E-state index contributed by atoms with van der Waals surface area (Å²) in [6.45, 7) is 8.76. The molecule has 1 aliphatic carbocycles. The standard InChI is InChI=1S/C18H34N4O/c1-3-19-18(22-12-6-7-15(2)14-22)21-11-10-20-17(23)13-16-8-4-5-9-16/h15-16H,3-14H2,1-2H3,(H,19,21)(H,20,23). The molecule has 1 amide bonds. The van der Waals surface area contributed by atoms with Crippen LogP contribution in [0.25, 0.3) is 0 Å². The Labute approximate surface area is 141 Å². The zero-order valence-corrected chi connectivity index (χ0v) is 14.9. The van der Waals surface area contributed by atoms with E-state index in [-0.39, 0.29) is 5.91 Å². The van der Waals surface area contributed by atoms with E-state index in [1.54, 1.807) is 0 Å². The molecule has 2 aliphatic rings. The number of aliphatic imine (C=N–C) groups is 1. The Morgan fingerprint density at radius 2 is 1.96 bits per heavy atom. The van der Waals surface area contributed by atoms with Crippen LogP contribution in [0.15, 0.2) is 4.99 Å². The summed E-state index contributed by atoms with van der Waals surface area (Å²) in [5.74, 6) is 2.55. The van der Waals surface area contributed by atoms with Gasteiger partial charge < -0.3 is 15.5 Å². The number of hydrogen-bond donors (Lipinski definition) is 2. The zero-order valence-electron chi connectivity index (χ0n) is 14.9. The average molecular weight is 322 g/mol. The Balaban J connectivity index is 1.70. The fourth-order valence-corrected chi connectivity index (χ4v) is 3.71. The van der Waals surface area contributed by atoms with E-state index in [0.29, 0.717) is 25.4 Å². The monoisotopic (exact) mass is 322 g/mol. The van der Waals surface area contributed by atoms with Crippen molar-refractivity contribution in [1.82, 2.24) is 15.5 Å². The molecule has 1 aliphatic heterocycles. The van der Waals surface area contributed by atoms with Crippen molar-refractivity contribution in [3.8, 4) is 0 Å². The number of guanidine groups is 1. The quantitative estimate of drug-likeness (QED) is 0.448. The SMILES string of the molecule is CCNC(=NCCNC(=O)CC1CCCC1)N1CCCC(C)C1. The second-order valence-electron chi connectivity index (χ2n) is 7.13. The summed E-state index contributed by atoms with van der Waals surface area (Å²) < 4.78 is 0. The lowest BCUT2D eigenvalue weighted by molar-refractivity contribution is -0.121. The predicted molar refractivity (Wildman–Crippen MR) is 95.5 cm³/mol. The summed E-state index contributed by atoms with van der Waals surface area (Å²) in [5, 5.41) is 6.41. The third-order valence-electron chi connectivity index (χ3n) is 4.94. The normalized spacial score (nSPS) is 23.1. The molecule has 0 aromatic carbocycles. The lowest BCUT2D eigenvalue weighted by Crippen LogP contribution is -2.46. The Hall–Kier alpha value is -1.26. The molecule has 5 nitrogen and oxygen atoms in total. The number of nitrogens with zero attached hydrogens (tertiary/aromatic N) is 2. The van der Waals surface area contributed by atoms with E-state index in [2.05, 4.69) is 29.4 Å². The molecule has 1 saturated heterocycles. The highest BCUT2D eigenvalue weighted by molar-refractivity contribution is 5.80. The molecular weight excluding hydrogens is 288 g/mol. The minimum atomic E-state index is 0.198. The molecule has 1 atom stereocenters. The van der Waals surface area contributed by atoms with Crippen LogP contribution in [-0.2, 0) is 4.79 Å². The molecule has 23 heavy (non-hydrogen) atoms. The smallest absolute Gasteiger partial charge is 0.220 e. The zero-order chi connectivity index (χ0) is 16.5. The van der Waals surface area contributed by atoms with Crippen LogP contribution in [0.1, 0.15) is 58.8 Å². The van der Waals surface area contributed by atoms with Gasteiger partial charge in [0.05, 0.1) is 6.54 Å². The highest BCUT2D eigenvalue weighted by atomic mass is 16.1. The molecule has 0 bridgehead atoms. The Bertz CT molecular complexity index is 390. The van der Waals surface area contributed by atoms with Crippen molar-refractivity contribution in [3.63, 3.8) is 0 Å². The first-order valence-corrected chi connectivity index (χ1v) is 9.49. The van der Waals surface area contributed by atoms with Gasteiger partial charge in [0, 0.05) is 32.6 Å². The number of hydrogen-bond acceptors (Lipinski definition) is 2. The van der Waals surface area contributed by atoms with Gasteiger partial charge in [-0.3, -0.25) is 9.79 Å². The Kier molecular flexibility index (Phi) is 7.69. The second-order valence-corrected chi connectivity index (χ2v) is 7.13. The van der Waals surface area contributed by atoms with Crippen LogP contribution in [0.5, 0.6) is 0 Å². The van der Waals surface area contributed by atoms with Gasteiger partial charge in [-0.2, -0.15) is 0 Å². The molecule has 2 fully saturated rings. The topological polar surface area (TPSA) is 56.7 Å². The molecule has 1 saturated carbocycles. The van der Waals surface area contributed by atoms with E-state index in [0.717, 1.165) is 31.5 Å². The fourth-order valence-electron chi connectivity index (χ4n) is 3.71. The minimum Gasteiger partial charge on any atom is -0.357 e. The third kappa shape index (κ3) is 6.40. The maximum Gasteiger partial charge on any atom is 0.220 e. The molecule has 2 N–H and O–H groups in total. The van der Waals surface area contributed by atoms with Gasteiger partial charge in [-0.05, 0) is 44.4 Å². The molecule has 0 aromatic heterocycles. The molecule has 5 heteroatoms. The van der Waals surface area contributed by atoms with E-state index in [4.69, 9.17) is 4.99 Å². The highest BCUT2D eigenvalue weighted by Gasteiger charge is 2.19. The lowest BCUT2D eigenvalue weighted by atomic mass is 10.0. The van der Waals surface area contributed by atoms with Gasteiger partial charge in [-0.15, -0.1) is 0 Å². The second kappa shape index (κ2) is 9.78. The summed E-state index contributed by atoms with van der Waals surface area (Å²) in [5.41, 5.74) is 0. The Morgan fingerprint density at radius 3 is 2.65 bits per heavy atom. The van der Waals surface area contributed by atoms with Gasteiger partial charge in [-0.1, -0.05) is 19.8 Å². The molecule has 2 rings (SSSR count). The van der Waals surface area contributed by atoms with Crippen molar-refractivity contribution in [2.24, 2.45) is 16.8 Å². The van der Waals surface area contributed by atoms with Crippen LogP contribution in [0.2, 0.25) is 0 Å². The summed E-state index contributed by atoms with van der Waals surface area (Å²) in [4.78, 5) is 19.0. The first kappa shape index (κ1) is 18.1. The summed E-state index contributed by atoms with van der Waals surface area (Å²) in [7, 11) is 0. The van der Waals surface area contributed by atoms with E-state index < -0.39 is 0 Å². The van der Waals surface area contributed by atoms with Gasteiger partial charge >= 0.3 is 0 Å². The largest absolute Gasteiger partial charge is 0.357 e. The number of nitrogens with one attached hydrogen (secondary N) is 2. The third-order valence-corrected chi connectivity index (χ3v) is 4.94. The molecule has 0 radical (unpaired) electrons. The fraction of sp³-hybridized carbons (Fsp3) is 0.889. The van der Waals surface area contributed by atoms with Gasteiger partial charge in [-0.25, -0.2) is 0 Å². The lowest BCUT2D eigenvalue weighted by Gasteiger charge is -2.33. The van der Waals surface area contributed by atoms with Gasteiger partial charge in [0.25, 0.3) is 0 Å². The highest BCUT2D eigenvalue weighted by Crippen LogP contribution is 2.27. The summed E-state index contributed by atoms with van der Waals surface area (Å²) >= 11 is 0. The number of likely N-dealkylation sites (tertiary alicyclic amines) is 1. The van der Waals surface area contributed by atoms with Gasteiger partial charge in [0.15, 0.2) is 5.96 Å². The molecule has 0 spiro atoms. The van der Waals surface area contributed by atoms with Crippen LogP contribution in [-0.4, -0.2) is 49.5 Å². The van der Waals surface area contributed by atoms with Crippen LogP contribution in [0.4, 0.5) is 0 Å². The van der Waals surface area contributed by atoms with Crippen LogP contribution in [0.3, 0.4) is 0 Å². The van der Waals surface area contributed by atoms with Crippen molar-refractivity contribution in [1.29, 1.82) is 0 Å². The number of rotatable bonds is 6. The van der Waals surface area contributed by atoms with Crippen molar-refractivity contribution in [2.75, 3.05) is 32.7 Å². The molecule has 1 heterocycles. The molecule has 1 unspecified atom stereocenters. The van der Waals surface area contributed by atoms with Crippen molar-refractivity contribution < 1.29 is 4.79 Å². The van der Waals surface area contributed by atoms with Crippen molar-refractivity contribution in [3.05, 3.63) is 0 Å². The Morgan fingerprint density at radius 1 is 1.17 bits per heavy atom. The number of carbonyl (C=O) groups excluding carboxylic acids is 1. The van der Waals surface area contributed by atoms with E-state index in [9.17, 15) is 4.79 Å². The predicted octanol–water partition coefficient (Wildman–Crippen LogP) is 2.38. The average Bonchev–Trinajstić information content (AvgIpc) is 3.03. The maximum atomic E-state index is 11.9. The van der Waals surface area contributed by atoms with Crippen molar-refractivity contribution >= 4 is 11.9 Å². The van der Waals surface area contributed by atoms with E-state index in [1.165, 1.54) is 38.5 Å². The summed E-state index contributed by atoms with van der Waals surface area (Å²) in [6, 6.07) is 0. The molecule has 0 aromatic rings. The molecule has 132 valence electrons. The first-order chi connectivity index (χ1) is 11.2. The number of amides is 1. The first-order valence-electron chi connectivity index (χ1n) is 9.49. The molecular formula is C18H34N4O. The maximum absolute atomic E-state index is 11.9. The number of carbonyl (C=O) groups is 1. The van der Waals surface area contributed by atoms with Crippen LogP contribution < -0.4 is 10.6 Å². The summed E-state index contributed by atoms with van der Waals surface area (Å²) in [6.07, 6.45) is 8.29. The number of piperidine rings is 1. The van der Waals surface area contributed by atoms with Crippen LogP contribution in [0, 0.1) is 11.8 Å². The van der Waals surface area contributed by atoms with E-state index in [1.807, 2.05) is 0 Å². The van der Waals surface area contributed by atoms with Crippen LogP contribution >= 0.6 is 0 Å². The minimum absolute atomic E-state index is 0.198. The van der Waals surface area contributed by atoms with E-state index >= 15 is 0 Å². The van der Waals surface area contributed by atoms with Gasteiger partial charge in [0.2, 0.25) is 5.91 Å². The van der Waals surface area contributed by atoms with Gasteiger partial charge in [0.1, 0.15) is 0 Å². The van der Waals surface area contributed by atoms with Crippen molar-refractivity contribution in [2.45, 2.75) is 58.8 Å².